The maximum Gasteiger partial charge on any atom is 0.255 e. The molecule has 0 atom stereocenters. The fourth-order valence-corrected chi connectivity index (χ4v) is 2.14. The fourth-order valence-electron chi connectivity index (χ4n) is 2.14. The van der Waals surface area contributed by atoms with E-state index in [9.17, 15) is 14.0 Å². The first-order valence-electron chi connectivity index (χ1n) is 7.67. The third-order valence-electron chi connectivity index (χ3n) is 3.46. The molecule has 2 rings (SSSR count). The maximum atomic E-state index is 13.2. The van der Waals surface area contributed by atoms with Gasteiger partial charge in [0.25, 0.3) is 5.91 Å². The summed E-state index contributed by atoms with van der Waals surface area (Å²) in [6.45, 7) is 2.31. The molecule has 24 heavy (non-hydrogen) atoms. The highest BCUT2D eigenvalue weighted by Crippen LogP contribution is 2.21. The third-order valence-corrected chi connectivity index (χ3v) is 3.46. The SMILES string of the molecule is Cc1ccc(NC(=O)c2cccc(F)c2)cc1NC(=O)CCCN. The number of hydrogen-bond donors (Lipinski definition) is 3. The molecule has 0 fully saturated rings. The van der Waals surface area contributed by atoms with E-state index in [-0.39, 0.29) is 11.5 Å². The number of carbonyl (C=O) groups excluding carboxylic acids is 2. The number of hydrogen-bond acceptors (Lipinski definition) is 3. The van der Waals surface area contributed by atoms with Gasteiger partial charge in [0.15, 0.2) is 0 Å². The van der Waals surface area contributed by atoms with Crippen LogP contribution in [0.5, 0.6) is 0 Å². The molecule has 2 aromatic carbocycles. The van der Waals surface area contributed by atoms with E-state index in [4.69, 9.17) is 5.73 Å². The molecule has 0 aliphatic heterocycles. The first-order valence-corrected chi connectivity index (χ1v) is 7.67. The molecule has 6 heteroatoms. The molecule has 0 radical (unpaired) electrons. The predicted molar refractivity (Wildman–Crippen MR) is 92.5 cm³/mol. The van der Waals surface area contributed by atoms with Crippen molar-refractivity contribution in [2.75, 3.05) is 17.2 Å². The summed E-state index contributed by atoms with van der Waals surface area (Å²) in [5, 5.41) is 5.49. The van der Waals surface area contributed by atoms with Crippen LogP contribution in [0.15, 0.2) is 42.5 Å². The summed E-state index contributed by atoms with van der Waals surface area (Å²) >= 11 is 0. The zero-order valence-electron chi connectivity index (χ0n) is 13.4. The molecule has 4 N–H and O–H groups in total. The van der Waals surface area contributed by atoms with Crippen LogP contribution >= 0.6 is 0 Å². The van der Waals surface area contributed by atoms with Crippen LogP contribution in [0.2, 0.25) is 0 Å². The average molecular weight is 329 g/mol. The van der Waals surface area contributed by atoms with Crippen molar-refractivity contribution in [3.63, 3.8) is 0 Å². The van der Waals surface area contributed by atoms with Crippen LogP contribution in [0.25, 0.3) is 0 Å². The molecule has 0 unspecified atom stereocenters. The van der Waals surface area contributed by atoms with E-state index < -0.39 is 11.7 Å². The molecule has 0 aliphatic rings. The van der Waals surface area contributed by atoms with Crippen LogP contribution in [0, 0.1) is 12.7 Å². The van der Waals surface area contributed by atoms with Gasteiger partial charge in [0.2, 0.25) is 5.91 Å². The van der Waals surface area contributed by atoms with Gasteiger partial charge in [-0.1, -0.05) is 12.1 Å². The number of nitrogens with two attached hydrogens (primary N) is 1. The van der Waals surface area contributed by atoms with Crippen molar-refractivity contribution in [1.29, 1.82) is 0 Å². The molecule has 0 saturated carbocycles. The Hall–Kier alpha value is -2.73. The van der Waals surface area contributed by atoms with Crippen molar-refractivity contribution in [3.05, 3.63) is 59.4 Å². The van der Waals surface area contributed by atoms with Gasteiger partial charge in [-0.2, -0.15) is 0 Å². The lowest BCUT2D eigenvalue weighted by molar-refractivity contribution is -0.116. The highest BCUT2D eigenvalue weighted by atomic mass is 19.1. The van der Waals surface area contributed by atoms with Crippen molar-refractivity contribution in [3.8, 4) is 0 Å². The lowest BCUT2D eigenvalue weighted by atomic mass is 10.1. The average Bonchev–Trinajstić information content (AvgIpc) is 2.56. The zero-order chi connectivity index (χ0) is 17.5. The largest absolute Gasteiger partial charge is 0.330 e. The van der Waals surface area contributed by atoms with E-state index >= 15 is 0 Å². The van der Waals surface area contributed by atoms with Gasteiger partial charge in [-0.05, 0) is 55.8 Å². The van der Waals surface area contributed by atoms with Gasteiger partial charge in [0.05, 0.1) is 0 Å². The van der Waals surface area contributed by atoms with Crippen molar-refractivity contribution < 1.29 is 14.0 Å². The Kier molecular flexibility index (Phi) is 6.03. The van der Waals surface area contributed by atoms with Crippen molar-refractivity contribution >= 4 is 23.2 Å². The van der Waals surface area contributed by atoms with Crippen molar-refractivity contribution in [1.82, 2.24) is 0 Å². The molecule has 0 saturated heterocycles. The summed E-state index contributed by atoms with van der Waals surface area (Å²) in [4.78, 5) is 24.0. The molecule has 0 spiro atoms. The quantitative estimate of drug-likeness (QED) is 0.761. The summed E-state index contributed by atoms with van der Waals surface area (Å²) in [6.07, 6.45) is 0.955. The minimum absolute atomic E-state index is 0.128. The number of halogens is 1. The number of nitrogens with one attached hydrogen (secondary N) is 2. The number of aryl methyl sites for hydroxylation is 1. The van der Waals surface area contributed by atoms with Gasteiger partial charge in [-0.25, -0.2) is 4.39 Å². The third kappa shape index (κ3) is 4.89. The molecule has 126 valence electrons. The molecule has 0 aromatic heterocycles. The molecule has 0 aliphatic carbocycles. The highest BCUT2D eigenvalue weighted by Gasteiger charge is 2.09. The van der Waals surface area contributed by atoms with Gasteiger partial charge in [0.1, 0.15) is 5.82 Å². The van der Waals surface area contributed by atoms with E-state index in [1.807, 2.05) is 6.92 Å². The normalized spacial score (nSPS) is 10.3. The van der Waals surface area contributed by atoms with Crippen LogP contribution < -0.4 is 16.4 Å². The fraction of sp³-hybridized carbons (Fsp3) is 0.222. The van der Waals surface area contributed by atoms with Crippen LogP contribution in [-0.4, -0.2) is 18.4 Å². The minimum atomic E-state index is -0.473. The predicted octanol–water partition coefficient (Wildman–Crippen LogP) is 3.06. The Labute approximate surface area is 140 Å². The van der Waals surface area contributed by atoms with Gasteiger partial charge in [0, 0.05) is 23.4 Å². The smallest absolute Gasteiger partial charge is 0.255 e. The van der Waals surface area contributed by atoms with Crippen LogP contribution in [0.4, 0.5) is 15.8 Å². The monoisotopic (exact) mass is 329 g/mol. The van der Waals surface area contributed by atoms with Gasteiger partial charge >= 0.3 is 0 Å². The van der Waals surface area contributed by atoms with Gasteiger partial charge in [-0.3, -0.25) is 9.59 Å². The Morgan fingerprint density at radius 1 is 1.12 bits per heavy atom. The molecule has 2 aromatic rings. The molecule has 0 heterocycles. The highest BCUT2D eigenvalue weighted by molar-refractivity contribution is 6.04. The number of benzene rings is 2. The number of amides is 2. The van der Waals surface area contributed by atoms with Gasteiger partial charge in [-0.15, -0.1) is 0 Å². The van der Waals surface area contributed by atoms with Crippen molar-refractivity contribution in [2.45, 2.75) is 19.8 Å². The van der Waals surface area contributed by atoms with Crippen molar-refractivity contribution in [2.24, 2.45) is 5.73 Å². The molecular weight excluding hydrogens is 309 g/mol. The number of anilines is 2. The Morgan fingerprint density at radius 3 is 2.62 bits per heavy atom. The molecule has 0 bridgehead atoms. The van der Waals surface area contributed by atoms with Gasteiger partial charge < -0.3 is 16.4 Å². The standard InChI is InChI=1S/C18H20FN3O2/c1-12-7-8-15(11-16(12)22-17(23)6-3-9-20)21-18(24)13-4-2-5-14(19)10-13/h2,4-5,7-8,10-11H,3,6,9,20H2,1H3,(H,21,24)(H,22,23). The topological polar surface area (TPSA) is 84.2 Å². The summed E-state index contributed by atoms with van der Waals surface area (Å²) < 4.78 is 13.2. The second kappa shape index (κ2) is 8.21. The summed E-state index contributed by atoms with van der Waals surface area (Å²) in [7, 11) is 0. The summed E-state index contributed by atoms with van der Waals surface area (Å²) in [5.41, 5.74) is 7.63. The first-order chi connectivity index (χ1) is 11.5. The lowest BCUT2D eigenvalue weighted by Crippen LogP contribution is -2.15. The van der Waals surface area contributed by atoms with Crippen LogP contribution in [0.1, 0.15) is 28.8 Å². The number of carbonyl (C=O) groups is 2. The maximum absolute atomic E-state index is 13.2. The van der Waals surface area contributed by atoms with E-state index in [1.54, 1.807) is 18.2 Å². The van der Waals surface area contributed by atoms with E-state index in [0.29, 0.717) is 30.8 Å². The van der Waals surface area contributed by atoms with E-state index in [1.165, 1.54) is 24.3 Å². The Balaban J connectivity index is 2.10. The number of rotatable bonds is 6. The van der Waals surface area contributed by atoms with E-state index in [2.05, 4.69) is 10.6 Å². The summed E-state index contributed by atoms with van der Waals surface area (Å²) in [5.74, 6) is -1.02. The molecular formula is C18H20FN3O2. The summed E-state index contributed by atoms with van der Waals surface area (Å²) in [6, 6.07) is 10.6. The van der Waals surface area contributed by atoms with Crippen LogP contribution in [-0.2, 0) is 4.79 Å². The minimum Gasteiger partial charge on any atom is -0.330 e. The van der Waals surface area contributed by atoms with Crippen LogP contribution in [0.3, 0.4) is 0 Å². The second-order valence-electron chi connectivity index (χ2n) is 5.43. The zero-order valence-corrected chi connectivity index (χ0v) is 13.4. The van der Waals surface area contributed by atoms with E-state index in [0.717, 1.165) is 5.56 Å². The lowest BCUT2D eigenvalue weighted by Gasteiger charge is -2.11. The molecule has 2 amide bonds. The Morgan fingerprint density at radius 2 is 1.92 bits per heavy atom. The molecule has 5 nitrogen and oxygen atoms in total. The second-order valence-corrected chi connectivity index (χ2v) is 5.43. The Bertz CT molecular complexity index is 747. The first kappa shape index (κ1) is 17.6.